The van der Waals surface area contributed by atoms with Gasteiger partial charge in [0, 0.05) is 18.3 Å². The van der Waals surface area contributed by atoms with E-state index in [2.05, 4.69) is 0 Å². The molecule has 0 saturated carbocycles. The lowest BCUT2D eigenvalue weighted by Gasteiger charge is -2.29. The van der Waals surface area contributed by atoms with Gasteiger partial charge in [0.1, 0.15) is 0 Å². The van der Waals surface area contributed by atoms with Crippen LogP contribution in [0.4, 0.5) is 5.69 Å². The van der Waals surface area contributed by atoms with Crippen molar-refractivity contribution in [1.29, 1.82) is 0 Å². The van der Waals surface area contributed by atoms with Gasteiger partial charge < -0.3 is 4.90 Å². The Bertz CT molecular complexity index is 792. The van der Waals surface area contributed by atoms with Crippen LogP contribution in [0.1, 0.15) is 25.5 Å². The van der Waals surface area contributed by atoms with Gasteiger partial charge in [-0.2, -0.15) is 4.31 Å². The molecule has 0 aliphatic heterocycles. The summed E-state index contributed by atoms with van der Waals surface area (Å²) in [5, 5.41) is 0. The molecule has 1 unspecified atom stereocenters. The summed E-state index contributed by atoms with van der Waals surface area (Å²) < 4.78 is 25.8. The average molecular weight is 360 g/mol. The van der Waals surface area contributed by atoms with Gasteiger partial charge in [-0.25, -0.2) is 8.42 Å². The lowest BCUT2D eigenvalue weighted by molar-refractivity contribution is -0.119. The molecule has 134 valence electrons. The molecule has 0 heterocycles. The van der Waals surface area contributed by atoms with E-state index in [9.17, 15) is 13.2 Å². The molecule has 2 aromatic rings. The Hall–Kier alpha value is -2.18. The molecular formula is C19H24N2O3S. The zero-order valence-corrected chi connectivity index (χ0v) is 15.6. The quantitative estimate of drug-likeness (QED) is 0.762. The molecule has 0 fully saturated rings. The molecule has 2 rings (SSSR count). The lowest BCUT2D eigenvalue weighted by Crippen LogP contribution is -2.43. The summed E-state index contributed by atoms with van der Waals surface area (Å²) in [5.74, 6) is -0.248. The number of anilines is 1. The second-order valence-electron chi connectivity index (χ2n) is 5.87. The van der Waals surface area contributed by atoms with E-state index in [0.29, 0.717) is 6.54 Å². The standard InChI is InChI=1S/C19H24N2O3S/c1-4-20(18-13-9-6-10-14-18)19(22)15-21(25(3,23)24)16(2)17-11-7-5-8-12-17/h5-14,16H,4,15H2,1-3H3. The van der Waals surface area contributed by atoms with Crippen molar-refractivity contribution in [2.75, 3.05) is 24.2 Å². The van der Waals surface area contributed by atoms with Crippen LogP contribution in [-0.2, 0) is 14.8 Å². The van der Waals surface area contributed by atoms with E-state index in [1.807, 2.05) is 67.6 Å². The van der Waals surface area contributed by atoms with Crippen molar-refractivity contribution in [2.24, 2.45) is 0 Å². The molecule has 1 amide bonds. The second-order valence-corrected chi connectivity index (χ2v) is 7.80. The molecule has 0 spiro atoms. The van der Waals surface area contributed by atoms with Crippen molar-refractivity contribution < 1.29 is 13.2 Å². The molecule has 0 bridgehead atoms. The van der Waals surface area contributed by atoms with Crippen molar-refractivity contribution in [2.45, 2.75) is 19.9 Å². The fourth-order valence-corrected chi connectivity index (χ4v) is 3.81. The van der Waals surface area contributed by atoms with Gasteiger partial charge in [0.2, 0.25) is 15.9 Å². The molecule has 2 aromatic carbocycles. The Balaban J connectivity index is 2.26. The highest BCUT2D eigenvalue weighted by Crippen LogP contribution is 2.23. The largest absolute Gasteiger partial charge is 0.312 e. The number of nitrogens with zero attached hydrogens (tertiary/aromatic N) is 2. The summed E-state index contributed by atoms with van der Waals surface area (Å²) in [6, 6.07) is 18.2. The lowest BCUT2D eigenvalue weighted by atomic mass is 10.1. The third-order valence-corrected chi connectivity index (χ3v) is 5.41. The minimum atomic E-state index is -3.55. The van der Waals surface area contributed by atoms with E-state index in [1.54, 1.807) is 11.8 Å². The summed E-state index contributed by atoms with van der Waals surface area (Å²) in [4.78, 5) is 14.4. The van der Waals surface area contributed by atoms with Gasteiger partial charge in [-0.15, -0.1) is 0 Å². The zero-order valence-electron chi connectivity index (χ0n) is 14.8. The number of amides is 1. The van der Waals surface area contributed by atoms with Gasteiger partial charge >= 0.3 is 0 Å². The third-order valence-electron chi connectivity index (χ3n) is 4.12. The molecule has 0 aliphatic carbocycles. The number of carbonyl (C=O) groups excluding carboxylic acids is 1. The second kappa shape index (κ2) is 8.27. The van der Waals surface area contributed by atoms with Crippen LogP contribution in [0.15, 0.2) is 60.7 Å². The molecule has 0 aliphatic rings. The van der Waals surface area contributed by atoms with Crippen LogP contribution < -0.4 is 4.90 Å². The summed E-state index contributed by atoms with van der Waals surface area (Å²) >= 11 is 0. The molecule has 6 heteroatoms. The summed E-state index contributed by atoms with van der Waals surface area (Å²) in [5.41, 5.74) is 1.61. The van der Waals surface area contributed by atoms with Gasteiger partial charge in [0.15, 0.2) is 0 Å². The van der Waals surface area contributed by atoms with Crippen molar-refractivity contribution in [3.05, 3.63) is 66.2 Å². The predicted octanol–water partition coefficient (Wildman–Crippen LogP) is 3.06. The molecule has 0 radical (unpaired) electrons. The van der Waals surface area contributed by atoms with Crippen LogP contribution in [0.3, 0.4) is 0 Å². The first kappa shape index (κ1) is 19.1. The van der Waals surface area contributed by atoms with E-state index in [0.717, 1.165) is 17.5 Å². The number of likely N-dealkylation sites (N-methyl/N-ethyl adjacent to an activating group) is 1. The van der Waals surface area contributed by atoms with Crippen molar-refractivity contribution in [3.8, 4) is 0 Å². The first-order chi connectivity index (χ1) is 11.8. The Morgan fingerprint density at radius 2 is 1.52 bits per heavy atom. The normalized spacial score (nSPS) is 12.8. The summed E-state index contributed by atoms with van der Waals surface area (Å²) in [7, 11) is -3.55. The minimum absolute atomic E-state index is 0.197. The molecule has 0 aromatic heterocycles. The van der Waals surface area contributed by atoms with Gasteiger partial charge in [-0.3, -0.25) is 4.79 Å². The van der Waals surface area contributed by atoms with E-state index < -0.39 is 16.1 Å². The van der Waals surface area contributed by atoms with E-state index >= 15 is 0 Å². The van der Waals surface area contributed by atoms with Crippen LogP contribution in [0, 0.1) is 0 Å². The fraction of sp³-hybridized carbons (Fsp3) is 0.316. The zero-order chi connectivity index (χ0) is 18.4. The highest BCUT2D eigenvalue weighted by molar-refractivity contribution is 7.88. The van der Waals surface area contributed by atoms with Gasteiger partial charge in [-0.05, 0) is 31.5 Å². The number of benzene rings is 2. The maximum absolute atomic E-state index is 12.8. The first-order valence-corrected chi connectivity index (χ1v) is 10.1. The Labute approximate surface area is 149 Å². The number of hydrogen-bond donors (Lipinski definition) is 0. The van der Waals surface area contributed by atoms with Gasteiger partial charge in [0.05, 0.1) is 12.8 Å². The number of sulfonamides is 1. The highest BCUT2D eigenvalue weighted by Gasteiger charge is 2.28. The number of carbonyl (C=O) groups is 1. The third kappa shape index (κ3) is 4.90. The van der Waals surface area contributed by atoms with Crippen LogP contribution >= 0.6 is 0 Å². The number of hydrogen-bond acceptors (Lipinski definition) is 3. The molecule has 25 heavy (non-hydrogen) atoms. The maximum atomic E-state index is 12.8. The molecule has 0 N–H and O–H groups in total. The molecule has 0 saturated heterocycles. The SMILES string of the molecule is CCN(C(=O)CN(C(C)c1ccccc1)S(C)(=O)=O)c1ccccc1. The summed E-state index contributed by atoms with van der Waals surface area (Å²) in [6.07, 6.45) is 1.14. The topological polar surface area (TPSA) is 57.7 Å². The van der Waals surface area contributed by atoms with E-state index in [4.69, 9.17) is 0 Å². The monoisotopic (exact) mass is 360 g/mol. The highest BCUT2D eigenvalue weighted by atomic mass is 32.2. The van der Waals surface area contributed by atoms with Crippen LogP contribution in [0.25, 0.3) is 0 Å². The van der Waals surface area contributed by atoms with E-state index in [1.165, 1.54) is 4.31 Å². The molecule has 1 atom stereocenters. The summed E-state index contributed by atoms with van der Waals surface area (Å²) in [6.45, 7) is 3.94. The van der Waals surface area contributed by atoms with Gasteiger partial charge in [-0.1, -0.05) is 48.5 Å². The van der Waals surface area contributed by atoms with Crippen molar-refractivity contribution >= 4 is 21.6 Å². The number of rotatable bonds is 7. The molecular weight excluding hydrogens is 336 g/mol. The van der Waals surface area contributed by atoms with Crippen molar-refractivity contribution in [3.63, 3.8) is 0 Å². The Morgan fingerprint density at radius 3 is 2.00 bits per heavy atom. The van der Waals surface area contributed by atoms with Crippen LogP contribution in [-0.4, -0.2) is 38.0 Å². The van der Waals surface area contributed by atoms with Gasteiger partial charge in [0.25, 0.3) is 0 Å². The fourth-order valence-electron chi connectivity index (χ4n) is 2.77. The van der Waals surface area contributed by atoms with Crippen LogP contribution in [0.2, 0.25) is 0 Å². The number of para-hydroxylation sites is 1. The smallest absolute Gasteiger partial charge is 0.242 e. The Kier molecular flexibility index (Phi) is 6.33. The maximum Gasteiger partial charge on any atom is 0.242 e. The Morgan fingerprint density at radius 1 is 1.00 bits per heavy atom. The minimum Gasteiger partial charge on any atom is -0.312 e. The van der Waals surface area contributed by atoms with Crippen molar-refractivity contribution in [1.82, 2.24) is 4.31 Å². The first-order valence-electron chi connectivity index (χ1n) is 8.21. The van der Waals surface area contributed by atoms with Crippen LogP contribution in [0.5, 0.6) is 0 Å². The average Bonchev–Trinajstić information content (AvgIpc) is 2.60. The molecule has 5 nitrogen and oxygen atoms in total. The predicted molar refractivity (Wildman–Crippen MR) is 101 cm³/mol. The van der Waals surface area contributed by atoms with E-state index in [-0.39, 0.29) is 12.5 Å².